The van der Waals surface area contributed by atoms with Gasteiger partial charge in [-0.2, -0.15) is 0 Å². The first-order valence-electron chi connectivity index (χ1n) is 15.9. The van der Waals surface area contributed by atoms with E-state index in [-0.39, 0.29) is 17.9 Å². The van der Waals surface area contributed by atoms with Crippen LogP contribution in [0.1, 0.15) is 83.1 Å². The topological polar surface area (TPSA) is 67.7 Å². The minimum atomic E-state index is -1.16. The van der Waals surface area contributed by atoms with E-state index in [4.69, 9.17) is 9.72 Å². The number of aryl methyl sites for hydroxylation is 1. The van der Waals surface area contributed by atoms with Crippen LogP contribution in [0.15, 0.2) is 54.6 Å². The molecule has 3 aliphatic heterocycles. The zero-order chi connectivity index (χ0) is 29.5. The number of imidazole rings is 1. The summed E-state index contributed by atoms with van der Waals surface area (Å²) in [5, 5.41) is 0. The maximum absolute atomic E-state index is 13.4. The van der Waals surface area contributed by atoms with E-state index in [1.54, 1.807) is 20.8 Å². The van der Waals surface area contributed by atoms with E-state index in [1.807, 2.05) is 4.90 Å². The number of hydrogen-bond donors (Lipinski definition) is 0. The number of carbonyl (C=O) groups is 2. The van der Waals surface area contributed by atoms with Gasteiger partial charge in [0.15, 0.2) is 0 Å². The molecular weight excluding hydrogens is 524 g/mol. The minimum absolute atomic E-state index is 0.0273. The Morgan fingerprint density at radius 2 is 1.60 bits per heavy atom. The second-order valence-electron chi connectivity index (χ2n) is 13.3. The number of aromatic nitrogens is 2. The van der Waals surface area contributed by atoms with Crippen LogP contribution in [-0.4, -0.2) is 69.6 Å². The van der Waals surface area contributed by atoms with E-state index in [0.29, 0.717) is 31.2 Å². The third-order valence-electron chi connectivity index (χ3n) is 10.6. The van der Waals surface area contributed by atoms with Crippen molar-refractivity contribution >= 4 is 22.9 Å². The van der Waals surface area contributed by atoms with Crippen LogP contribution in [0, 0.1) is 12.3 Å². The molecule has 3 atom stereocenters. The molecule has 0 aliphatic carbocycles. The van der Waals surface area contributed by atoms with Crippen LogP contribution in [0.5, 0.6) is 0 Å². The Labute approximate surface area is 250 Å². The van der Waals surface area contributed by atoms with Crippen molar-refractivity contribution in [3.8, 4) is 0 Å². The Morgan fingerprint density at radius 1 is 0.952 bits per heavy atom. The van der Waals surface area contributed by atoms with Crippen molar-refractivity contribution in [2.24, 2.45) is 5.41 Å². The van der Waals surface area contributed by atoms with E-state index in [1.165, 1.54) is 36.8 Å². The molecule has 0 N–H and O–H groups in total. The molecule has 7 nitrogen and oxygen atoms in total. The average Bonchev–Trinajstić information content (AvgIpc) is 3.46. The highest BCUT2D eigenvalue weighted by atomic mass is 16.5. The maximum atomic E-state index is 13.4. The van der Waals surface area contributed by atoms with E-state index >= 15 is 0 Å². The zero-order valence-electron chi connectivity index (χ0n) is 25.7. The van der Waals surface area contributed by atoms with E-state index in [2.05, 4.69) is 71.0 Å². The van der Waals surface area contributed by atoms with Gasteiger partial charge in [-0.3, -0.25) is 14.5 Å². The average molecular weight is 571 g/mol. The molecule has 3 aromatic rings. The van der Waals surface area contributed by atoms with Crippen molar-refractivity contribution in [2.45, 2.75) is 96.2 Å². The van der Waals surface area contributed by atoms with Gasteiger partial charge in [0.25, 0.3) is 0 Å². The molecule has 3 saturated heterocycles. The number of hydrogen-bond acceptors (Lipinski definition) is 5. The number of carbonyl (C=O) groups excluding carboxylic acids is 2. The van der Waals surface area contributed by atoms with E-state index < -0.39 is 11.4 Å². The quantitative estimate of drug-likeness (QED) is 0.244. The van der Waals surface area contributed by atoms with Gasteiger partial charge in [0.2, 0.25) is 5.91 Å². The van der Waals surface area contributed by atoms with Gasteiger partial charge in [0, 0.05) is 31.2 Å². The fourth-order valence-electron chi connectivity index (χ4n) is 8.20. The molecule has 42 heavy (non-hydrogen) atoms. The van der Waals surface area contributed by atoms with E-state index in [9.17, 15) is 9.59 Å². The first-order valence-corrected chi connectivity index (χ1v) is 15.9. The third-order valence-corrected chi connectivity index (χ3v) is 10.6. The first-order chi connectivity index (χ1) is 20.2. The summed E-state index contributed by atoms with van der Waals surface area (Å²) in [6, 6.07) is 21.2. The standard InChI is InChI=1S/C35H46N4O3/c1-5-42-33(41)34(3,4)32(40)37-20-17-35(18-21-37,26-11-7-6-8-12-26)19-22-38-27-15-16-28(38)24-29(23-27)39-25(2)36-30-13-9-10-14-31(30)39/h6-14,27-29H,5,15-24H2,1-4H3/t27-,28+,29?. The number of esters is 1. The summed E-state index contributed by atoms with van der Waals surface area (Å²) in [6.45, 7) is 10.0. The van der Waals surface area contributed by atoms with Crippen LogP contribution in [0.3, 0.4) is 0 Å². The lowest BCUT2D eigenvalue weighted by atomic mass is 9.70. The van der Waals surface area contributed by atoms with Crippen LogP contribution in [0.25, 0.3) is 11.0 Å². The Morgan fingerprint density at radius 3 is 2.26 bits per heavy atom. The molecule has 1 aromatic heterocycles. The van der Waals surface area contributed by atoms with Gasteiger partial charge >= 0.3 is 5.97 Å². The number of nitrogens with zero attached hydrogens (tertiary/aromatic N) is 4. The summed E-state index contributed by atoms with van der Waals surface area (Å²) < 4.78 is 7.73. The summed E-state index contributed by atoms with van der Waals surface area (Å²) in [4.78, 5) is 35.5. The number of amides is 1. The number of rotatable bonds is 8. The predicted octanol–water partition coefficient (Wildman–Crippen LogP) is 6.05. The Hall–Kier alpha value is -3.19. The van der Waals surface area contributed by atoms with Crippen LogP contribution in [0.2, 0.25) is 0 Å². The molecule has 7 heteroatoms. The van der Waals surface area contributed by atoms with Crippen molar-refractivity contribution in [3.63, 3.8) is 0 Å². The molecule has 2 aromatic carbocycles. The van der Waals surface area contributed by atoms with Crippen LogP contribution < -0.4 is 0 Å². The molecule has 3 fully saturated rings. The summed E-state index contributed by atoms with van der Waals surface area (Å²) in [5.74, 6) is 0.572. The smallest absolute Gasteiger partial charge is 0.321 e. The lowest BCUT2D eigenvalue weighted by Gasteiger charge is -2.46. The summed E-state index contributed by atoms with van der Waals surface area (Å²) in [7, 11) is 0. The van der Waals surface area contributed by atoms with Gasteiger partial charge in [-0.05, 0) is 102 Å². The number of fused-ring (bicyclic) bond motifs is 3. The molecule has 4 heterocycles. The van der Waals surface area contributed by atoms with Gasteiger partial charge in [-0.1, -0.05) is 42.5 Å². The van der Waals surface area contributed by atoms with Crippen molar-refractivity contribution in [3.05, 3.63) is 66.0 Å². The fourth-order valence-corrected chi connectivity index (χ4v) is 8.20. The molecular formula is C35H46N4O3. The molecule has 1 unspecified atom stereocenters. The van der Waals surface area contributed by atoms with Gasteiger partial charge in [0.1, 0.15) is 11.2 Å². The van der Waals surface area contributed by atoms with E-state index in [0.717, 1.165) is 37.1 Å². The number of para-hydroxylation sites is 2. The molecule has 2 bridgehead atoms. The summed E-state index contributed by atoms with van der Waals surface area (Å²) in [5.41, 5.74) is 2.61. The fraction of sp³-hybridized carbons (Fsp3) is 0.571. The second-order valence-corrected chi connectivity index (χ2v) is 13.3. The highest BCUT2D eigenvalue weighted by Crippen LogP contribution is 2.45. The van der Waals surface area contributed by atoms with Crippen molar-refractivity contribution in [1.82, 2.24) is 19.4 Å². The predicted molar refractivity (Wildman–Crippen MR) is 165 cm³/mol. The summed E-state index contributed by atoms with van der Waals surface area (Å²) in [6.07, 6.45) is 7.82. The SMILES string of the molecule is CCOC(=O)C(C)(C)C(=O)N1CCC(CCN2[C@@H]3CC[C@H]2CC(n2c(C)nc4ccccc42)C3)(c2ccccc2)CC1. The minimum Gasteiger partial charge on any atom is -0.465 e. The maximum Gasteiger partial charge on any atom is 0.321 e. The highest BCUT2D eigenvalue weighted by molar-refractivity contribution is 6.01. The monoisotopic (exact) mass is 570 g/mol. The molecule has 224 valence electrons. The van der Waals surface area contributed by atoms with Crippen molar-refractivity contribution in [2.75, 3.05) is 26.2 Å². The summed E-state index contributed by atoms with van der Waals surface area (Å²) >= 11 is 0. The second kappa shape index (κ2) is 11.5. The van der Waals surface area contributed by atoms with Crippen LogP contribution in [-0.2, 0) is 19.7 Å². The normalized spacial score (nSPS) is 24.2. The molecule has 3 aliphatic rings. The highest BCUT2D eigenvalue weighted by Gasteiger charge is 2.46. The van der Waals surface area contributed by atoms with Gasteiger partial charge < -0.3 is 14.2 Å². The number of likely N-dealkylation sites (tertiary alicyclic amines) is 1. The zero-order valence-corrected chi connectivity index (χ0v) is 25.7. The van der Waals surface area contributed by atoms with Crippen LogP contribution in [0.4, 0.5) is 0 Å². The Balaban J connectivity index is 1.16. The number of benzene rings is 2. The lowest BCUT2D eigenvalue weighted by molar-refractivity contribution is -0.163. The molecule has 1 amide bonds. The Bertz CT molecular complexity index is 1410. The van der Waals surface area contributed by atoms with Gasteiger partial charge in [-0.25, -0.2) is 4.98 Å². The molecule has 0 radical (unpaired) electrons. The number of piperidine rings is 2. The van der Waals surface area contributed by atoms with Crippen LogP contribution >= 0.6 is 0 Å². The Kier molecular flexibility index (Phi) is 7.90. The van der Waals surface area contributed by atoms with Gasteiger partial charge in [0.05, 0.1) is 17.6 Å². The molecule has 0 saturated carbocycles. The van der Waals surface area contributed by atoms with Gasteiger partial charge in [-0.15, -0.1) is 0 Å². The third kappa shape index (κ3) is 5.14. The first kappa shape index (κ1) is 28.9. The lowest BCUT2D eigenvalue weighted by Crippen LogP contribution is -2.52. The number of ether oxygens (including phenoxy) is 1. The molecule has 6 rings (SSSR count). The largest absolute Gasteiger partial charge is 0.465 e. The van der Waals surface area contributed by atoms with Crippen molar-refractivity contribution in [1.29, 1.82) is 0 Å². The van der Waals surface area contributed by atoms with Crippen molar-refractivity contribution < 1.29 is 14.3 Å². The molecule has 0 spiro atoms.